The van der Waals surface area contributed by atoms with Gasteiger partial charge in [-0.15, -0.1) is 0 Å². The first-order valence-electron chi connectivity index (χ1n) is 7.93. The van der Waals surface area contributed by atoms with E-state index in [1.807, 2.05) is 19.1 Å². The highest BCUT2D eigenvalue weighted by molar-refractivity contribution is 7.92. The van der Waals surface area contributed by atoms with Crippen LogP contribution in [0, 0.1) is 12.3 Å². The van der Waals surface area contributed by atoms with E-state index in [0.29, 0.717) is 5.56 Å². The fraction of sp³-hybridized carbons (Fsp3) is 0.316. The zero-order chi connectivity index (χ0) is 18.2. The number of sulfone groups is 1. The Morgan fingerprint density at radius 1 is 1.12 bits per heavy atom. The van der Waals surface area contributed by atoms with Crippen LogP contribution in [0.3, 0.4) is 0 Å². The van der Waals surface area contributed by atoms with Crippen LogP contribution in [0.1, 0.15) is 17.0 Å². The van der Waals surface area contributed by atoms with E-state index in [-0.39, 0.29) is 11.5 Å². The van der Waals surface area contributed by atoms with Gasteiger partial charge in [-0.2, -0.15) is 0 Å². The summed E-state index contributed by atoms with van der Waals surface area (Å²) < 4.78 is 31.4. The lowest BCUT2D eigenvalue weighted by molar-refractivity contribution is -0.145. The van der Waals surface area contributed by atoms with Crippen molar-refractivity contribution in [2.24, 2.45) is 5.41 Å². The fourth-order valence-electron chi connectivity index (χ4n) is 3.59. The summed E-state index contributed by atoms with van der Waals surface area (Å²) in [5, 5.41) is 8.80. The molecule has 0 spiro atoms. The maximum Gasteiger partial charge on any atom is 0.314 e. The normalized spacial score (nSPS) is 25.5. The number of aryl methyl sites for hydroxylation is 1. The molecule has 132 valence electrons. The number of methoxy groups -OCH3 is 1. The van der Waals surface area contributed by atoms with Crippen LogP contribution in [0.25, 0.3) is 0 Å². The van der Waals surface area contributed by atoms with Crippen molar-refractivity contribution in [3.8, 4) is 0 Å². The highest BCUT2D eigenvalue weighted by Gasteiger charge is 2.76. The second-order valence-corrected chi connectivity index (χ2v) is 8.51. The molecule has 1 N–H and O–H groups in total. The van der Waals surface area contributed by atoms with E-state index < -0.39 is 32.4 Å². The number of carbonyl (C=O) groups is 1. The van der Waals surface area contributed by atoms with Gasteiger partial charge in [-0.25, -0.2) is 8.42 Å². The molecule has 0 radical (unpaired) electrons. The summed E-state index contributed by atoms with van der Waals surface area (Å²) in [7, 11) is -2.42. The van der Waals surface area contributed by atoms with E-state index >= 15 is 0 Å². The minimum atomic E-state index is -3.81. The first-order valence-corrected chi connectivity index (χ1v) is 9.48. The van der Waals surface area contributed by atoms with Crippen molar-refractivity contribution in [2.75, 3.05) is 13.7 Å². The molecule has 6 heteroatoms. The highest BCUT2D eigenvalue weighted by atomic mass is 32.2. The van der Waals surface area contributed by atoms with Gasteiger partial charge in [-0.3, -0.25) is 4.79 Å². The van der Waals surface area contributed by atoms with Crippen molar-refractivity contribution in [1.82, 2.24) is 0 Å². The number of benzene rings is 2. The average molecular weight is 360 g/mol. The quantitative estimate of drug-likeness (QED) is 0.856. The standard InChI is InChI=1S/C19H20O5S/c1-13-8-10-14(11-9-13)16-17(19(16,12-24-2)18(20)21)25(22,23)15-6-4-3-5-7-15/h3-11,16-17H,12H2,1-2H3,(H,20,21)/t16-,17-,19+/m1/s1. The molecule has 0 aliphatic heterocycles. The lowest BCUT2D eigenvalue weighted by Crippen LogP contribution is -2.28. The Morgan fingerprint density at radius 2 is 1.72 bits per heavy atom. The predicted octanol–water partition coefficient (Wildman–Crippen LogP) is 2.65. The lowest BCUT2D eigenvalue weighted by atomic mass is 9.99. The van der Waals surface area contributed by atoms with E-state index in [0.717, 1.165) is 5.56 Å². The Balaban J connectivity index is 2.12. The second-order valence-electron chi connectivity index (χ2n) is 6.45. The molecule has 0 aromatic heterocycles. The highest BCUT2D eigenvalue weighted by Crippen LogP contribution is 2.64. The van der Waals surface area contributed by atoms with Crippen molar-refractivity contribution >= 4 is 15.8 Å². The Bertz CT molecular complexity index is 874. The smallest absolute Gasteiger partial charge is 0.314 e. The molecule has 0 amide bonds. The molecule has 3 rings (SSSR count). The van der Waals surface area contributed by atoms with Gasteiger partial charge < -0.3 is 9.84 Å². The number of rotatable bonds is 6. The summed E-state index contributed by atoms with van der Waals surface area (Å²) in [4.78, 5) is 12.2. The zero-order valence-corrected chi connectivity index (χ0v) is 14.9. The summed E-state index contributed by atoms with van der Waals surface area (Å²) in [6, 6.07) is 15.3. The maximum atomic E-state index is 13.1. The van der Waals surface area contributed by atoms with Gasteiger partial charge in [0.2, 0.25) is 0 Å². The number of hydrogen-bond donors (Lipinski definition) is 1. The minimum absolute atomic E-state index is 0.135. The predicted molar refractivity (Wildman–Crippen MR) is 93.3 cm³/mol. The summed E-state index contributed by atoms with van der Waals surface area (Å²) in [6.07, 6.45) is 0. The van der Waals surface area contributed by atoms with Crippen LogP contribution in [-0.4, -0.2) is 38.5 Å². The molecule has 2 aromatic carbocycles. The number of hydrogen-bond acceptors (Lipinski definition) is 4. The number of carboxylic acid groups (broad SMARTS) is 1. The second kappa shape index (κ2) is 6.28. The molecule has 1 aliphatic carbocycles. The van der Waals surface area contributed by atoms with E-state index in [1.165, 1.54) is 19.2 Å². The van der Waals surface area contributed by atoms with Gasteiger partial charge in [-0.05, 0) is 24.6 Å². The molecule has 5 nitrogen and oxygen atoms in total. The summed E-state index contributed by atoms with van der Waals surface area (Å²) in [5.74, 6) is -1.79. The van der Waals surface area contributed by atoms with Crippen LogP contribution >= 0.6 is 0 Å². The summed E-state index contributed by atoms with van der Waals surface area (Å²) >= 11 is 0. The van der Waals surface area contributed by atoms with E-state index in [1.54, 1.807) is 30.3 Å². The van der Waals surface area contributed by atoms with Gasteiger partial charge in [0, 0.05) is 13.0 Å². The third-order valence-corrected chi connectivity index (χ3v) is 7.17. The van der Waals surface area contributed by atoms with Gasteiger partial charge >= 0.3 is 5.97 Å². The first kappa shape index (κ1) is 17.6. The van der Waals surface area contributed by atoms with Gasteiger partial charge in [0.05, 0.1) is 16.8 Å². The molecule has 1 aliphatic rings. The Kier molecular flexibility index (Phi) is 4.43. The van der Waals surface area contributed by atoms with Crippen molar-refractivity contribution in [3.05, 3.63) is 65.7 Å². The molecule has 25 heavy (non-hydrogen) atoms. The molecule has 0 unspecified atom stereocenters. The lowest BCUT2D eigenvalue weighted by Gasteiger charge is -2.12. The molecule has 2 aromatic rings. The average Bonchev–Trinajstić information content (AvgIpc) is 3.28. The van der Waals surface area contributed by atoms with Crippen LogP contribution < -0.4 is 0 Å². The molecule has 0 bridgehead atoms. The SMILES string of the molecule is COC[C@]1(C(=O)O)[C@H](c2ccc(C)cc2)[C@H]1S(=O)(=O)c1ccccc1. The van der Waals surface area contributed by atoms with E-state index in [9.17, 15) is 18.3 Å². The molecular weight excluding hydrogens is 340 g/mol. The fourth-order valence-corrected chi connectivity index (χ4v) is 5.97. The first-order chi connectivity index (χ1) is 11.9. The van der Waals surface area contributed by atoms with Crippen LogP contribution in [0.5, 0.6) is 0 Å². The van der Waals surface area contributed by atoms with Crippen LogP contribution in [-0.2, 0) is 19.4 Å². The van der Waals surface area contributed by atoms with Crippen molar-refractivity contribution in [1.29, 1.82) is 0 Å². The molecule has 1 fully saturated rings. The topological polar surface area (TPSA) is 80.7 Å². The van der Waals surface area contributed by atoms with Gasteiger partial charge in [-0.1, -0.05) is 48.0 Å². The summed E-state index contributed by atoms with van der Waals surface area (Å²) in [5.41, 5.74) is 0.257. The largest absolute Gasteiger partial charge is 0.481 e. The van der Waals surface area contributed by atoms with Crippen LogP contribution in [0.4, 0.5) is 0 Å². The molecule has 3 atom stereocenters. The maximum absolute atomic E-state index is 13.1. The third-order valence-electron chi connectivity index (χ3n) is 4.88. The Labute approximate surface area is 147 Å². The third kappa shape index (κ3) is 2.75. The zero-order valence-electron chi connectivity index (χ0n) is 14.0. The monoisotopic (exact) mass is 360 g/mol. The molecule has 0 heterocycles. The van der Waals surface area contributed by atoms with E-state index in [4.69, 9.17) is 4.74 Å². The Morgan fingerprint density at radius 3 is 2.24 bits per heavy atom. The van der Waals surface area contributed by atoms with Gasteiger partial charge in [0.1, 0.15) is 5.41 Å². The van der Waals surface area contributed by atoms with Crippen molar-refractivity contribution in [3.63, 3.8) is 0 Å². The number of ether oxygens (including phenoxy) is 1. The molecule has 0 saturated heterocycles. The minimum Gasteiger partial charge on any atom is -0.481 e. The molecular formula is C19H20O5S. The number of aliphatic carboxylic acids is 1. The molecule has 1 saturated carbocycles. The van der Waals surface area contributed by atoms with E-state index in [2.05, 4.69) is 0 Å². The van der Waals surface area contributed by atoms with Crippen molar-refractivity contribution < 1.29 is 23.1 Å². The number of carboxylic acids is 1. The van der Waals surface area contributed by atoms with Crippen LogP contribution in [0.15, 0.2) is 59.5 Å². The summed E-state index contributed by atoms with van der Waals surface area (Å²) in [6.45, 7) is 1.77. The Hall–Kier alpha value is -2.18. The van der Waals surface area contributed by atoms with Crippen molar-refractivity contribution in [2.45, 2.75) is 23.0 Å². The van der Waals surface area contributed by atoms with Gasteiger partial charge in [0.25, 0.3) is 0 Å². The van der Waals surface area contributed by atoms with Gasteiger partial charge in [0.15, 0.2) is 9.84 Å². The van der Waals surface area contributed by atoms with Crippen LogP contribution in [0.2, 0.25) is 0 Å².